The Balaban J connectivity index is 0. The second-order valence-electron chi connectivity index (χ2n) is 1.01. The summed E-state index contributed by atoms with van der Waals surface area (Å²) >= 11 is 0. The van der Waals surface area contributed by atoms with Crippen molar-refractivity contribution in [3.8, 4) is 0 Å². The van der Waals surface area contributed by atoms with E-state index in [9.17, 15) is 13.2 Å². The van der Waals surface area contributed by atoms with Gasteiger partial charge in [0, 0.05) is 0 Å². The molecule has 0 radical (unpaired) electrons. The van der Waals surface area contributed by atoms with Crippen LogP contribution in [0.25, 0.3) is 0 Å². The first kappa shape index (κ1) is 11.9. The summed E-state index contributed by atoms with van der Waals surface area (Å²) in [4.78, 5) is 9.47. The van der Waals surface area contributed by atoms with Crippen molar-refractivity contribution in [2.24, 2.45) is 5.73 Å². The van der Waals surface area contributed by atoms with Gasteiger partial charge in [0.05, 0.1) is 7.11 Å². The fourth-order valence-electron chi connectivity index (χ4n) is 0. The number of primary amides is 1. The van der Waals surface area contributed by atoms with Crippen LogP contribution < -0.4 is 5.73 Å². The highest BCUT2D eigenvalue weighted by molar-refractivity contribution is 7.67. The molecule has 0 fully saturated rings. The smallest absolute Gasteiger partial charge is 0.256 e. The van der Waals surface area contributed by atoms with Crippen LogP contribution in [0.1, 0.15) is 0 Å². The Hall–Kier alpha value is -0.880. The number of rotatable bonds is 2. The van der Waals surface area contributed by atoms with Crippen LogP contribution in [0.3, 0.4) is 0 Å². The van der Waals surface area contributed by atoms with Gasteiger partial charge in [-0.1, -0.05) is 6.58 Å². The number of thiol groups is 1. The highest BCUT2D eigenvalue weighted by Gasteiger charge is 1.69. The highest BCUT2D eigenvalue weighted by Crippen LogP contribution is 1.53. The molecule has 0 saturated carbocycles. The average molecular weight is 167 g/mol. The second-order valence-corrected chi connectivity index (χ2v) is 1.83. The minimum Gasteiger partial charge on any atom is -0.366 e. The van der Waals surface area contributed by atoms with Gasteiger partial charge in [0.15, 0.2) is 0 Å². The maximum absolute atomic E-state index is 9.47. The van der Waals surface area contributed by atoms with Crippen LogP contribution >= 0.6 is 0 Å². The van der Waals surface area contributed by atoms with Crippen LogP contribution in [0, 0.1) is 0 Å². The summed E-state index contributed by atoms with van der Waals surface area (Å²) in [7, 11) is -1.50. The van der Waals surface area contributed by atoms with Crippen molar-refractivity contribution in [1.29, 1.82) is 0 Å². The van der Waals surface area contributed by atoms with Gasteiger partial charge in [-0.2, -0.15) is 0 Å². The van der Waals surface area contributed by atoms with E-state index in [0.29, 0.717) is 0 Å². The number of hydrogen-bond acceptors (Lipinski definition) is 4. The van der Waals surface area contributed by atoms with Crippen LogP contribution in [-0.2, 0) is 20.0 Å². The van der Waals surface area contributed by atoms with E-state index in [1.807, 2.05) is 0 Å². The lowest BCUT2D eigenvalue weighted by molar-refractivity contribution is -0.113. The molecule has 0 heterocycles. The average Bonchev–Trinajstić information content (AvgIpc) is 1.89. The van der Waals surface area contributed by atoms with Crippen molar-refractivity contribution in [2.75, 3.05) is 7.11 Å². The Kier molecular flexibility index (Phi) is 9.63. The lowest BCUT2D eigenvalue weighted by atomic mass is 10.6. The topological polar surface area (TPSA) is 86.5 Å². The van der Waals surface area contributed by atoms with Crippen molar-refractivity contribution in [2.45, 2.75) is 0 Å². The molecule has 2 N–H and O–H groups in total. The molecule has 0 bridgehead atoms. The zero-order valence-electron chi connectivity index (χ0n) is 5.44. The molecule has 0 rings (SSSR count). The Morgan fingerprint density at radius 3 is 1.90 bits per heavy atom. The van der Waals surface area contributed by atoms with Crippen molar-refractivity contribution in [1.82, 2.24) is 0 Å². The van der Waals surface area contributed by atoms with Crippen LogP contribution in [0.4, 0.5) is 0 Å². The molecule has 0 aliphatic heterocycles. The van der Waals surface area contributed by atoms with Gasteiger partial charge in [-0.25, -0.2) is 8.42 Å². The van der Waals surface area contributed by atoms with Crippen LogP contribution in [0.2, 0.25) is 0 Å². The molecule has 0 unspecified atom stereocenters. The number of carbonyl (C=O) groups excluding carboxylic acids is 1. The molecule has 60 valence electrons. The van der Waals surface area contributed by atoms with Crippen LogP contribution in [-0.4, -0.2) is 21.4 Å². The predicted molar refractivity (Wildman–Crippen MR) is 36.7 cm³/mol. The molecule has 0 spiro atoms. The largest absolute Gasteiger partial charge is 0.366 e. The van der Waals surface area contributed by atoms with E-state index in [-0.39, 0.29) is 0 Å². The molecular formula is C4H9NO4S. The highest BCUT2D eigenvalue weighted by atomic mass is 32.2. The second kappa shape index (κ2) is 8.12. The minimum absolute atomic E-state index is 0.481. The molecule has 0 aromatic carbocycles. The maximum Gasteiger partial charge on any atom is 0.256 e. The molecular weight excluding hydrogens is 158 g/mol. The van der Waals surface area contributed by atoms with Crippen molar-refractivity contribution < 1.29 is 17.4 Å². The van der Waals surface area contributed by atoms with Gasteiger partial charge >= 0.3 is 0 Å². The third-order valence-electron chi connectivity index (χ3n) is 0.350. The van der Waals surface area contributed by atoms with E-state index >= 15 is 0 Å². The summed E-state index contributed by atoms with van der Waals surface area (Å²) in [6.07, 6.45) is 1.06. The summed E-state index contributed by atoms with van der Waals surface area (Å²) in [6, 6.07) is 0. The molecule has 0 aliphatic carbocycles. The summed E-state index contributed by atoms with van der Waals surface area (Å²) in [6.45, 7) is 3.09. The summed E-state index contributed by atoms with van der Waals surface area (Å²) in [5, 5.41) is 0. The van der Waals surface area contributed by atoms with Gasteiger partial charge in [0.25, 0.3) is 11.0 Å². The maximum atomic E-state index is 9.47. The summed E-state index contributed by atoms with van der Waals surface area (Å²) < 4.78 is 22.1. The SMILES string of the molecule is C=CC(N)=O.CO[SH](=O)=O. The van der Waals surface area contributed by atoms with Crippen molar-refractivity contribution in [3.63, 3.8) is 0 Å². The third kappa shape index (κ3) is 27.4. The fraction of sp³-hybridized carbons (Fsp3) is 0.250. The summed E-state index contributed by atoms with van der Waals surface area (Å²) in [5.74, 6) is -0.481. The van der Waals surface area contributed by atoms with Gasteiger partial charge < -0.3 is 5.73 Å². The molecule has 10 heavy (non-hydrogen) atoms. The van der Waals surface area contributed by atoms with Gasteiger partial charge in [0.1, 0.15) is 0 Å². The Labute approximate surface area is 60.6 Å². The standard InChI is InChI=1S/C3H5NO.CH4O3S/c1-2-3(4)5;1-4-5(2)3/h2H,1H2,(H2,4,5);5H,1H3. The first-order valence-corrected chi connectivity index (χ1v) is 3.24. The van der Waals surface area contributed by atoms with E-state index in [0.717, 1.165) is 13.2 Å². The van der Waals surface area contributed by atoms with Crippen molar-refractivity contribution in [3.05, 3.63) is 12.7 Å². The summed E-state index contributed by atoms with van der Waals surface area (Å²) in [5.41, 5.74) is 4.53. The van der Waals surface area contributed by atoms with E-state index in [1.165, 1.54) is 0 Å². The van der Waals surface area contributed by atoms with E-state index < -0.39 is 16.9 Å². The van der Waals surface area contributed by atoms with E-state index in [2.05, 4.69) is 16.5 Å². The molecule has 0 aliphatic rings. The lowest BCUT2D eigenvalue weighted by Crippen LogP contribution is -2.04. The predicted octanol–water partition coefficient (Wildman–Crippen LogP) is -1.18. The molecule has 0 aromatic rings. The number of nitrogens with two attached hydrogens (primary N) is 1. The van der Waals surface area contributed by atoms with Gasteiger partial charge in [0.2, 0.25) is 5.91 Å². The first-order valence-electron chi connectivity index (χ1n) is 2.15. The van der Waals surface area contributed by atoms with Gasteiger partial charge in [-0.3, -0.25) is 8.98 Å². The molecule has 0 atom stereocenters. The zero-order valence-corrected chi connectivity index (χ0v) is 6.34. The number of hydrogen-bond donors (Lipinski definition) is 2. The van der Waals surface area contributed by atoms with E-state index in [4.69, 9.17) is 0 Å². The van der Waals surface area contributed by atoms with Crippen LogP contribution in [0.5, 0.6) is 0 Å². The normalized spacial score (nSPS) is 7.80. The fourth-order valence-corrected chi connectivity index (χ4v) is 0. The molecule has 5 nitrogen and oxygen atoms in total. The quantitative estimate of drug-likeness (QED) is 0.400. The monoisotopic (exact) mass is 167 g/mol. The molecule has 0 saturated heterocycles. The first-order chi connectivity index (χ1) is 4.54. The minimum atomic E-state index is -2.60. The molecule has 1 amide bonds. The Morgan fingerprint density at radius 2 is 1.90 bits per heavy atom. The van der Waals surface area contributed by atoms with Gasteiger partial charge in [-0.05, 0) is 6.08 Å². The lowest BCUT2D eigenvalue weighted by Gasteiger charge is -1.66. The Bertz CT molecular complexity index is 166. The third-order valence-corrected chi connectivity index (χ3v) is 0.648. The van der Waals surface area contributed by atoms with Gasteiger partial charge in [-0.15, -0.1) is 0 Å². The number of amides is 1. The zero-order chi connectivity index (χ0) is 8.57. The Morgan fingerprint density at radius 1 is 1.70 bits per heavy atom. The van der Waals surface area contributed by atoms with E-state index in [1.54, 1.807) is 0 Å². The van der Waals surface area contributed by atoms with Crippen molar-refractivity contribution >= 4 is 16.9 Å². The molecule has 0 aromatic heterocycles. The molecule has 6 heteroatoms. The van der Waals surface area contributed by atoms with Crippen LogP contribution in [0.15, 0.2) is 12.7 Å². The number of carbonyl (C=O) groups is 1.